The molecule has 0 aliphatic carbocycles. The number of nitrogens with zero attached hydrogens (tertiary/aromatic N) is 2. The van der Waals surface area contributed by atoms with Crippen molar-refractivity contribution in [2.75, 3.05) is 19.1 Å². The number of rotatable bonds is 5. The van der Waals surface area contributed by atoms with Gasteiger partial charge in [0.15, 0.2) is 5.11 Å². The number of benzene rings is 1. The van der Waals surface area contributed by atoms with E-state index in [4.69, 9.17) is 26.1 Å². The van der Waals surface area contributed by atoms with Gasteiger partial charge in [-0.25, -0.2) is 0 Å². The Morgan fingerprint density at radius 1 is 1.11 bits per heavy atom. The van der Waals surface area contributed by atoms with Crippen molar-refractivity contribution in [2.24, 2.45) is 0 Å². The standard InChI is InChI=1S/C20H19N3O3S/c1-24-13-8-9-16(25-2)15(12-13)23-19(17-7-5-11-26-17)18(22-20(23)27)14-6-3-4-10-21-14/h3-12,18-19H,1-2H3,(H,22,27)/t18-,19-/m1/s1. The monoisotopic (exact) mass is 381 g/mol. The van der Waals surface area contributed by atoms with Crippen LogP contribution in [0.4, 0.5) is 5.69 Å². The van der Waals surface area contributed by atoms with E-state index in [0.717, 1.165) is 17.1 Å². The highest BCUT2D eigenvalue weighted by molar-refractivity contribution is 7.80. The van der Waals surface area contributed by atoms with Gasteiger partial charge in [-0.15, -0.1) is 0 Å². The summed E-state index contributed by atoms with van der Waals surface area (Å²) >= 11 is 5.69. The Kier molecular flexibility index (Phi) is 4.68. The normalized spacial score (nSPS) is 19.0. The van der Waals surface area contributed by atoms with Crippen LogP contribution in [0, 0.1) is 0 Å². The van der Waals surface area contributed by atoms with E-state index in [1.165, 1.54) is 0 Å². The van der Waals surface area contributed by atoms with E-state index in [2.05, 4.69) is 10.3 Å². The second-order valence-corrected chi connectivity index (χ2v) is 6.44. The first-order valence-electron chi connectivity index (χ1n) is 8.49. The van der Waals surface area contributed by atoms with Crippen LogP contribution in [0.3, 0.4) is 0 Å². The number of nitrogens with one attached hydrogen (secondary N) is 1. The van der Waals surface area contributed by atoms with Crippen molar-refractivity contribution in [3.63, 3.8) is 0 Å². The van der Waals surface area contributed by atoms with Gasteiger partial charge in [-0.1, -0.05) is 6.07 Å². The molecule has 1 N–H and O–H groups in total. The van der Waals surface area contributed by atoms with Crippen molar-refractivity contribution in [3.05, 3.63) is 72.4 Å². The third kappa shape index (κ3) is 3.10. The molecule has 0 amide bonds. The summed E-state index contributed by atoms with van der Waals surface area (Å²) in [4.78, 5) is 6.51. The molecule has 3 aromatic rings. The molecule has 1 fully saturated rings. The van der Waals surface area contributed by atoms with Crippen LogP contribution in [0.15, 0.2) is 65.4 Å². The predicted molar refractivity (Wildman–Crippen MR) is 106 cm³/mol. The number of furan rings is 1. The van der Waals surface area contributed by atoms with E-state index in [1.807, 2.05) is 53.4 Å². The molecule has 27 heavy (non-hydrogen) atoms. The zero-order valence-electron chi connectivity index (χ0n) is 15.0. The van der Waals surface area contributed by atoms with Crippen LogP contribution in [-0.4, -0.2) is 24.3 Å². The smallest absolute Gasteiger partial charge is 0.174 e. The summed E-state index contributed by atoms with van der Waals surface area (Å²) in [6, 6.07) is 14.9. The molecule has 138 valence electrons. The van der Waals surface area contributed by atoms with E-state index in [0.29, 0.717) is 16.6 Å². The Hall–Kier alpha value is -3.06. The molecule has 1 aliphatic heterocycles. The number of anilines is 1. The van der Waals surface area contributed by atoms with E-state index in [9.17, 15) is 0 Å². The number of pyridine rings is 1. The first kappa shape index (κ1) is 17.4. The van der Waals surface area contributed by atoms with Gasteiger partial charge < -0.3 is 24.1 Å². The molecule has 1 aliphatic rings. The van der Waals surface area contributed by atoms with Gasteiger partial charge in [-0.05, 0) is 48.6 Å². The third-order valence-electron chi connectivity index (χ3n) is 4.58. The highest BCUT2D eigenvalue weighted by atomic mass is 32.1. The summed E-state index contributed by atoms with van der Waals surface area (Å²) in [5.41, 5.74) is 1.68. The predicted octanol–water partition coefficient (Wildman–Crippen LogP) is 3.87. The van der Waals surface area contributed by atoms with Gasteiger partial charge in [-0.2, -0.15) is 0 Å². The average Bonchev–Trinajstić information content (AvgIpc) is 3.35. The average molecular weight is 381 g/mol. The van der Waals surface area contributed by atoms with Crippen molar-refractivity contribution in [1.29, 1.82) is 0 Å². The highest BCUT2D eigenvalue weighted by Crippen LogP contribution is 2.45. The SMILES string of the molecule is COc1ccc(OC)c(N2C(=S)N[C@H](c3ccccn3)[C@H]2c2ccco2)c1. The first-order chi connectivity index (χ1) is 13.2. The molecule has 0 spiro atoms. The van der Waals surface area contributed by atoms with Crippen LogP contribution in [0.2, 0.25) is 0 Å². The topological polar surface area (TPSA) is 59.8 Å². The molecule has 4 rings (SSSR count). The van der Waals surface area contributed by atoms with Crippen LogP contribution in [0.1, 0.15) is 23.5 Å². The van der Waals surface area contributed by atoms with E-state index in [-0.39, 0.29) is 12.1 Å². The molecule has 6 nitrogen and oxygen atoms in total. The molecule has 0 radical (unpaired) electrons. The van der Waals surface area contributed by atoms with Crippen molar-refractivity contribution < 1.29 is 13.9 Å². The summed E-state index contributed by atoms with van der Waals surface area (Å²) in [6.07, 6.45) is 3.43. The largest absolute Gasteiger partial charge is 0.497 e. The van der Waals surface area contributed by atoms with Crippen molar-refractivity contribution in [2.45, 2.75) is 12.1 Å². The minimum atomic E-state index is -0.219. The Balaban J connectivity index is 1.85. The van der Waals surface area contributed by atoms with Crippen LogP contribution >= 0.6 is 12.2 Å². The van der Waals surface area contributed by atoms with Crippen LogP contribution in [0.25, 0.3) is 0 Å². The van der Waals surface area contributed by atoms with Crippen molar-refractivity contribution in [3.8, 4) is 11.5 Å². The second-order valence-electron chi connectivity index (χ2n) is 6.05. The number of thiocarbonyl (C=S) groups is 1. The lowest BCUT2D eigenvalue weighted by molar-refractivity contribution is 0.399. The lowest BCUT2D eigenvalue weighted by Gasteiger charge is -2.27. The van der Waals surface area contributed by atoms with Crippen LogP contribution < -0.4 is 19.7 Å². The fourth-order valence-electron chi connectivity index (χ4n) is 3.35. The van der Waals surface area contributed by atoms with Gasteiger partial charge in [0, 0.05) is 12.3 Å². The van der Waals surface area contributed by atoms with Gasteiger partial charge in [0.25, 0.3) is 0 Å². The Bertz CT molecular complexity index is 931. The van der Waals surface area contributed by atoms with Gasteiger partial charge in [0.1, 0.15) is 23.3 Å². The summed E-state index contributed by atoms with van der Waals surface area (Å²) in [7, 11) is 3.27. The quantitative estimate of drug-likeness (QED) is 0.673. The molecule has 1 aromatic carbocycles. The van der Waals surface area contributed by atoms with Crippen molar-refractivity contribution >= 4 is 23.0 Å². The van der Waals surface area contributed by atoms with Crippen molar-refractivity contribution in [1.82, 2.24) is 10.3 Å². The lowest BCUT2D eigenvalue weighted by atomic mass is 10.0. The number of ether oxygens (including phenoxy) is 2. The molecule has 0 bridgehead atoms. The molecule has 0 saturated carbocycles. The minimum Gasteiger partial charge on any atom is -0.497 e. The Morgan fingerprint density at radius 3 is 2.67 bits per heavy atom. The van der Waals surface area contributed by atoms with Gasteiger partial charge in [-0.3, -0.25) is 4.98 Å². The lowest BCUT2D eigenvalue weighted by Crippen LogP contribution is -2.29. The Labute approximate surface area is 162 Å². The summed E-state index contributed by atoms with van der Waals surface area (Å²) < 4.78 is 16.7. The van der Waals surface area contributed by atoms with Gasteiger partial charge in [0.2, 0.25) is 0 Å². The molecule has 0 unspecified atom stereocenters. The number of hydrogen-bond acceptors (Lipinski definition) is 5. The van der Waals surface area contributed by atoms with Crippen LogP contribution in [-0.2, 0) is 0 Å². The van der Waals surface area contributed by atoms with Gasteiger partial charge >= 0.3 is 0 Å². The molecule has 2 atom stereocenters. The maximum Gasteiger partial charge on any atom is 0.174 e. The zero-order chi connectivity index (χ0) is 18.8. The molecule has 1 saturated heterocycles. The summed E-state index contributed by atoms with van der Waals surface area (Å²) in [6.45, 7) is 0. The third-order valence-corrected chi connectivity index (χ3v) is 4.89. The van der Waals surface area contributed by atoms with E-state index < -0.39 is 0 Å². The fourth-order valence-corrected chi connectivity index (χ4v) is 3.69. The summed E-state index contributed by atoms with van der Waals surface area (Å²) in [5.74, 6) is 2.19. The molecule has 3 heterocycles. The van der Waals surface area contributed by atoms with Crippen LogP contribution in [0.5, 0.6) is 11.5 Å². The maximum atomic E-state index is 5.76. The number of aromatic nitrogens is 1. The van der Waals surface area contributed by atoms with E-state index >= 15 is 0 Å². The van der Waals surface area contributed by atoms with Gasteiger partial charge in [0.05, 0.1) is 37.9 Å². The first-order valence-corrected chi connectivity index (χ1v) is 8.90. The second kappa shape index (κ2) is 7.28. The molecular weight excluding hydrogens is 362 g/mol. The maximum absolute atomic E-state index is 5.76. The molecule has 2 aromatic heterocycles. The fraction of sp³-hybridized carbons (Fsp3) is 0.200. The minimum absolute atomic E-state index is 0.166. The number of hydrogen-bond donors (Lipinski definition) is 1. The van der Waals surface area contributed by atoms with E-state index in [1.54, 1.807) is 26.7 Å². The number of methoxy groups -OCH3 is 2. The molecule has 7 heteroatoms. The summed E-state index contributed by atoms with van der Waals surface area (Å²) in [5, 5.41) is 3.95. The molecular formula is C20H19N3O3S. The zero-order valence-corrected chi connectivity index (χ0v) is 15.8. The Morgan fingerprint density at radius 2 is 2.00 bits per heavy atom. The highest BCUT2D eigenvalue weighted by Gasteiger charge is 2.43.